The predicted octanol–water partition coefficient (Wildman–Crippen LogP) is 3.46. The SMILES string of the molecule is CC(C)(C)OC1CC(CCNCc2cccc(C(=O)O)c2)C1. The third-order valence-corrected chi connectivity index (χ3v) is 3.95. The van der Waals surface area contributed by atoms with Crippen molar-refractivity contribution in [2.24, 2.45) is 5.92 Å². The lowest BCUT2D eigenvalue weighted by Crippen LogP contribution is -2.38. The average molecular weight is 305 g/mol. The lowest BCUT2D eigenvalue weighted by molar-refractivity contribution is -0.112. The van der Waals surface area contributed by atoms with E-state index in [1.807, 2.05) is 6.07 Å². The fourth-order valence-corrected chi connectivity index (χ4v) is 2.86. The van der Waals surface area contributed by atoms with Gasteiger partial charge in [0.15, 0.2) is 0 Å². The molecule has 0 unspecified atom stereocenters. The summed E-state index contributed by atoms with van der Waals surface area (Å²) in [6.45, 7) is 7.99. The second kappa shape index (κ2) is 7.25. The summed E-state index contributed by atoms with van der Waals surface area (Å²) in [6.07, 6.45) is 3.90. The number of ether oxygens (including phenoxy) is 1. The number of rotatable bonds is 7. The average Bonchev–Trinajstić information content (AvgIpc) is 2.39. The summed E-state index contributed by atoms with van der Waals surface area (Å²) in [4.78, 5) is 10.9. The van der Waals surface area contributed by atoms with Gasteiger partial charge in [0.2, 0.25) is 0 Å². The molecule has 2 rings (SSSR count). The summed E-state index contributed by atoms with van der Waals surface area (Å²) in [5.41, 5.74) is 1.33. The highest BCUT2D eigenvalue weighted by molar-refractivity contribution is 5.87. The summed E-state index contributed by atoms with van der Waals surface area (Å²) in [7, 11) is 0. The monoisotopic (exact) mass is 305 g/mol. The van der Waals surface area contributed by atoms with E-state index in [0.717, 1.165) is 43.8 Å². The van der Waals surface area contributed by atoms with Gasteiger partial charge in [0.1, 0.15) is 0 Å². The van der Waals surface area contributed by atoms with Gasteiger partial charge in [-0.2, -0.15) is 0 Å². The van der Waals surface area contributed by atoms with Crippen molar-refractivity contribution in [1.29, 1.82) is 0 Å². The van der Waals surface area contributed by atoms with Gasteiger partial charge < -0.3 is 15.2 Å². The van der Waals surface area contributed by atoms with E-state index in [-0.39, 0.29) is 5.60 Å². The number of carboxylic acids is 1. The minimum atomic E-state index is -0.874. The molecule has 2 N–H and O–H groups in total. The van der Waals surface area contributed by atoms with Crippen LogP contribution in [-0.2, 0) is 11.3 Å². The van der Waals surface area contributed by atoms with Crippen LogP contribution in [0.4, 0.5) is 0 Å². The van der Waals surface area contributed by atoms with Crippen LogP contribution in [0.15, 0.2) is 24.3 Å². The van der Waals surface area contributed by atoms with E-state index in [1.54, 1.807) is 18.2 Å². The Hall–Kier alpha value is -1.39. The summed E-state index contributed by atoms with van der Waals surface area (Å²) < 4.78 is 5.94. The molecule has 0 amide bonds. The number of carbonyl (C=O) groups is 1. The number of hydrogen-bond acceptors (Lipinski definition) is 3. The van der Waals surface area contributed by atoms with Crippen LogP contribution in [0.2, 0.25) is 0 Å². The maximum Gasteiger partial charge on any atom is 0.335 e. The summed E-state index contributed by atoms with van der Waals surface area (Å²) >= 11 is 0. The second-order valence-corrected chi connectivity index (χ2v) is 7.16. The Morgan fingerprint density at radius 1 is 1.36 bits per heavy atom. The van der Waals surface area contributed by atoms with E-state index in [4.69, 9.17) is 9.84 Å². The number of nitrogens with one attached hydrogen (secondary N) is 1. The molecule has 0 spiro atoms. The molecular formula is C18H27NO3. The molecule has 1 aromatic carbocycles. The first-order chi connectivity index (χ1) is 10.3. The van der Waals surface area contributed by atoms with Crippen LogP contribution in [-0.4, -0.2) is 29.3 Å². The minimum Gasteiger partial charge on any atom is -0.478 e. The molecule has 22 heavy (non-hydrogen) atoms. The van der Waals surface area contributed by atoms with Crippen LogP contribution >= 0.6 is 0 Å². The van der Waals surface area contributed by atoms with Gasteiger partial charge in [-0.3, -0.25) is 0 Å². The van der Waals surface area contributed by atoms with Crippen molar-refractivity contribution < 1.29 is 14.6 Å². The van der Waals surface area contributed by atoms with Gasteiger partial charge in [0, 0.05) is 6.54 Å². The van der Waals surface area contributed by atoms with Crippen LogP contribution in [0.3, 0.4) is 0 Å². The zero-order valence-corrected chi connectivity index (χ0v) is 13.8. The summed E-state index contributed by atoms with van der Waals surface area (Å²) in [6, 6.07) is 7.10. The van der Waals surface area contributed by atoms with E-state index in [2.05, 4.69) is 26.1 Å². The lowest BCUT2D eigenvalue weighted by Gasteiger charge is -2.39. The topological polar surface area (TPSA) is 58.6 Å². The molecule has 1 fully saturated rings. The van der Waals surface area contributed by atoms with Crippen LogP contribution in [0, 0.1) is 5.92 Å². The fraction of sp³-hybridized carbons (Fsp3) is 0.611. The zero-order valence-electron chi connectivity index (χ0n) is 13.8. The van der Waals surface area contributed by atoms with E-state index in [0.29, 0.717) is 11.7 Å². The van der Waals surface area contributed by atoms with Crippen molar-refractivity contribution in [2.75, 3.05) is 6.54 Å². The lowest BCUT2D eigenvalue weighted by atomic mass is 9.79. The molecule has 0 radical (unpaired) electrons. The third-order valence-electron chi connectivity index (χ3n) is 3.95. The van der Waals surface area contributed by atoms with Gasteiger partial charge >= 0.3 is 5.97 Å². The molecule has 0 bridgehead atoms. The van der Waals surface area contributed by atoms with E-state index < -0.39 is 5.97 Å². The molecule has 122 valence electrons. The Balaban J connectivity index is 1.61. The van der Waals surface area contributed by atoms with Gasteiger partial charge in [-0.05, 0) is 70.2 Å². The molecule has 1 aromatic rings. The highest BCUT2D eigenvalue weighted by Crippen LogP contribution is 2.34. The Bertz CT molecular complexity index is 501. The molecule has 0 aromatic heterocycles. The molecule has 1 aliphatic rings. The van der Waals surface area contributed by atoms with E-state index >= 15 is 0 Å². The first-order valence-corrected chi connectivity index (χ1v) is 8.04. The normalized spacial score (nSPS) is 21.4. The second-order valence-electron chi connectivity index (χ2n) is 7.16. The first-order valence-electron chi connectivity index (χ1n) is 8.04. The third kappa shape index (κ3) is 5.43. The molecule has 4 heteroatoms. The predicted molar refractivity (Wildman–Crippen MR) is 87.1 cm³/mol. The van der Waals surface area contributed by atoms with Crippen molar-refractivity contribution in [2.45, 2.75) is 58.3 Å². The molecule has 4 nitrogen and oxygen atoms in total. The highest BCUT2D eigenvalue weighted by Gasteiger charge is 2.32. The Kier molecular flexibility index (Phi) is 5.59. The van der Waals surface area contributed by atoms with E-state index in [9.17, 15) is 4.79 Å². The molecule has 1 saturated carbocycles. The molecule has 0 heterocycles. The summed E-state index contributed by atoms with van der Waals surface area (Å²) in [5, 5.41) is 12.4. The number of hydrogen-bond donors (Lipinski definition) is 2. The smallest absolute Gasteiger partial charge is 0.335 e. The Morgan fingerprint density at radius 2 is 2.09 bits per heavy atom. The van der Waals surface area contributed by atoms with Gasteiger partial charge in [-0.1, -0.05) is 12.1 Å². The van der Waals surface area contributed by atoms with Crippen molar-refractivity contribution in [1.82, 2.24) is 5.32 Å². The maximum atomic E-state index is 10.9. The largest absolute Gasteiger partial charge is 0.478 e. The summed E-state index contributed by atoms with van der Waals surface area (Å²) in [5.74, 6) is -0.119. The minimum absolute atomic E-state index is 0.0386. The molecule has 1 aliphatic carbocycles. The Labute approximate surface area is 132 Å². The number of aromatic carboxylic acids is 1. The Morgan fingerprint density at radius 3 is 2.73 bits per heavy atom. The van der Waals surface area contributed by atoms with Gasteiger partial charge in [-0.25, -0.2) is 4.79 Å². The van der Waals surface area contributed by atoms with Crippen molar-refractivity contribution in [3.8, 4) is 0 Å². The maximum absolute atomic E-state index is 10.9. The zero-order chi connectivity index (χ0) is 16.2. The van der Waals surface area contributed by atoms with E-state index in [1.165, 1.54) is 0 Å². The molecular weight excluding hydrogens is 278 g/mol. The molecule has 0 atom stereocenters. The van der Waals surface area contributed by atoms with Crippen LogP contribution in [0.1, 0.15) is 56.0 Å². The van der Waals surface area contributed by atoms with Crippen molar-refractivity contribution >= 4 is 5.97 Å². The van der Waals surface area contributed by atoms with Crippen LogP contribution in [0.25, 0.3) is 0 Å². The van der Waals surface area contributed by atoms with Crippen molar-refractivity contribution in [3.63, 3.8) is 0 Å². The highest BCUT2D eigenvalue weighted by atomic mass is 16.5. The van der Waals surface area contributed by atoms with Gasteiger partial charge in [0.25, 0.3) is 0 Å². The fourth-order valence-electron chi connectivity index (χ4n) is 2.86. The molecule has 0 aliphatic heterocycles. The number of carboxylic acid groups (broad SMARTS) is 1. The number of benzene rings is 1. The van der Waals surface area contributed by atoms with Crippen LogP contribution in [0.5, 0.6) is 0 Å². The quantitative estimate of drug-likeness (QED) is 0.757. The standard InChI is InChI=1S/C18H27NO3/c1-18(2,3)22-16-10-13(11-16)7-8-19-12-14-5-4-6-15(9-14)17(20)21/h4-6,9,13,16,19H,7-8,10-12H2,1-3H3,(H,20,21). The van der Waals surface area contributed by atoms with Crippen molar-refractivity contribution in [3.05, 3.63) is 35.4 Å². The van der Waals surface area contributed by atoms with Gasteiger partial charge in [-0.15, -0.1) is 0 Å². The molecule has 0 saturated heterocycles. The van der Waals surface area contributed by atoms with Gasteiger partial charge in [0.05, 0.1) is 17.3 Å². The van der Waals surface area contributed by atoms with Crippen LogP contribution < -0.4 is 5.32 Å². The first kappa shape index (κ1) is 17.0.